The summed E-state index contributed by atoms with van der Waals surface area (Å²) in [6, 6.07) is 9.65. The van der Waals surface area contributed by atoms with Crippen LogP contribution >= 0.6 is 0 Å². The van der Waals surface area contributed by atoms with Gasteiger partial charge in [0.05, 0.1) is 11.8 Å². The zero-order valence-corrected chi connectivity index (χ0v) is 9.74. The van der Waals surface area contributed by atoms with E-state index in [1.54, 1.807) is 20.0 Å². The molecule has 0 fully saturated rings. The Morgan fingerprint density at radius 3 is 2.82 bits per heavy atom. The lowest BCUT2D eigenvalue weighted by Gasteiger charge is -2.14. The number of para-hydroxylation sites is 1. The first-order valence-corrected chi connectivity index (χ1v) is 5.33. The lowest BCUT2D eigenvalue weighted by atomic mass is 9.94. The number of anilines is 1. The third-order valence-corrected chi connectivity index (χ3v) is 2.68. The van der Waals surface area contributed by atoms with Crippen molar-refractivity contribution < 1.29 is 4.79 Å². The van der Waals surface area contributed by atoms with Gasteiger partial charge in [-0.3, -0.25) is 4.79 Å². The number of nitriles is 1. The zero-order chi connectivity index (χ0) is 12.5. The Bertz CT molecular complexity index is 604. The number of carbonyl (C=O) groups is 1. The van der Waals surface area contributed by atoms with Gasteiger partial charge >= 0.3 is 0 Å². The minimum absolute atomic E-state index is 0.301. The van der Waals surface area contributed by atoms with Crippen molar-refractivity contribution in [1.29, 1.82) is 5.26 Å². The summed E-state index contributed by atoms with van der Waals surface area (Å²) >= 11 is 0. The molecule has 0 aliphatic rings. The van der Waals surface area contributed by atoms with E-state index in [2.05, 4.69) is 10.3 Å². The van der Waals surface area contributed by atoms with Gasteiger partial charge < -0.3 is 10.3 Å². The average Bonchev–Trinajstić information content (AvgIpc) is 2.73. The lowest BCUT2D eigenvalue weighted by molar-refractivity contribution is -0.121. The molecule has 1 heterocycles. The number of rotatable bonds is 2. The molecular formula is C13H13N3O. The number of carbonyl (C=O) groups excluding carboxylic acids is 1. The smallest absolute Gasteiger partial charge is 0.244 e. The van der Waals surface area contributed by atoms with Gasteiger partial charge in [0.1, 0.15) is 5.41 Å². The van der Waals surface area contributed by atoms with E-state index in [9.17, 15) is 4.79 Å². The Morgan fingerprint density at radius 1 is 1.41 bits per heavy atom. The molecule has 2 N–H and O–H groups in total. The lowest BCUT2D eigenvalue weighted by Crippen LogP contribution is -2.29. The molecule has 0 spiro atoms. The molecule has 0 aliphatic heterocycles. The van der Waals surface area contributed by atoms with Crippen LogP contribution in [0, 0.1) is 16.7 Å². The summed E-state index contributed by atoms with van der Waals surface area (Å²) in [4.78, 5) is 14.9. The maximum atomic E-state index is 11.9. The maximum Gasteiger partial charge on any atom is 0.244 e. The van der Waals surface area contributed by atoms with Crippen molar-refractivity contribution in [3.05, 3.63) is 30.5 Å². The van der Waals surface area contributed by atoms with Gasteiger partial charge in [0.25, 0.3) is 0 Å². The predicted octanol–water partition coefficient (Wildman–Crippen LogP) is 2.66. The van der Waals surface area contributed by atoms with Gasteiger partial charge in [-0.15, -0.1) is 0 Å². The molecule has 1 aromatic heterocycles. The van der Waals surface area contributed by atoms with Crippen molar-refractivity contribution in [1.82, 2.24) is 4.98 Å². The molecule has 2 aromatic rings. The standard InChI is InChI=1S/C13H13N3O/c1-13(2,8-14)12(17)16-11-7-15-10-6-4-3-5-9(10)11/h3-7,15H,1-2H3,(H,16,17). The van der Waals surface area contributed by atoms with Crippen molar-refractivity contribution >= 4 is 22.5 Å². The molecule has 0 aliphatic carbocycles. The fourth-order valence-corrected chi connectivity index (χ4v) is 1.50. The minimum atomic E-state index is -1.03. The summed E-state index contributed by atoms with van der Waals surface area (Å²) in [5, 5.41) is 12.6. The predicted molar refractivity (Wildman–Crippen MR) is 66.3 cm³/mol. The second-order valence-electron chi connectivity index (χ2n) is 4.44. The highest BCUT2D eigenvalue weighted by Gasteiger charge is 2.27. The van der Waals surface area contributed by atoms with Crippen LogP contribution in [0.2, 0.25) is 0 Å². The first-order chi connectivity index (χ1) is 8.04. The first-order valence-electron chi connectivity index (χ1n) is 5.33. The summed E-state index contributed by atoms with van der Waals surface area (Å²) in [5.74, 6) is -0.301. The van der Waals surface area contributed by atoms with Crippen LogP contribution in [-0.2, 0) is 4.79 Å². The highest BCUT2D eigenvalue weighted by molar-refractivity contribution is 6.04. The van der Waals surface area contributed by atoms with Crippen LogP contribution in [0.5, 0.6) is 0 Å². The van der Waals surface area contributed by atoms with Crippen molar-refractivity contribution in [2.24, 2.45) is 5.41 Å². The van der Waals surface area contributed by atoms with E-state index in [4.69, 9.17) is 5.26 Å². The van der Waals surface area contributed by atoms with Gasteiger partial charge in [0, 0.05) is 17.1 Å². The van der Waals surface area contributed by atoms with Crippen molar-refractivity contribution in [3.63, 3.8) is 0 Å². The number of amides is 1. The van der Waals surface area contributed by atoms with E-state index < -0.39 is 5.41 Å². The SMILES string of the molecule is CC(C)(C#N)C(=O)Nc1c[nH]c2ccccc12. The number of hydrogen-bond donors (Lipinski definition) is 2. The van der Waals surface area contributed by atoms with E-state index >= 15 is 0 Å². The van der Waals surface area contributed by atoms with Gasteiger partial charge in [0.15, 0.2) is 0 Å². The van der Waals surface area contributed by atoms with Crippen LogP contribution in [0.25, 0.3) is 10.9 Å². The van der Waals surface area contributed by atoms with Crippen LogP contribution in [0.4, 0.5) is 5.69 Å². The molecular weight excluding hydrogens is 214 g/mol. The summed E-state index contributed by atoms with van der Waals surface area (Å²) < 4.78 is 0. The molecule has 1 amide bonds. The van der Waals surface area contributed by atoms with E-state index in [1.165, 1.54) is 0 Å². The van der Waals surface area contributed by atoms with Crippen LogP contribution in [0.3, 0.4) is 0 Å². The number of aromatic nitrogens is 1. The summed E-state index contributed by atoms with van der Waals surface area (Å²) in [6.07, 6.45) is 1.73. The molecule has 0 radical (unpaired) electrons. The second kappa shape index (κ2) is 3.95. The normalized spacial score (nSPS) is 11.1. The number of aromatic amines is 1. The highest BCUT2D eigenvalue weighted by Crippen LogP contribution is 2.24. The van der Waals surface area contributed by atoms with Crippen LogP contribution in [-0.4, -0.2) is 10.9 Å². The Kier molecular flexibility index (Phi) is 2.60. The van der Waals surface area contributed by atoms with Crippen molar-refractivity contribution in [3.8, 4) is 6.07 Å². The third-order valence-electron chi connectivity index (χ3n) is 2.68. The molecule has 4 nitrogen and oxygen atoms in total. The minimum Gasteiger partial charge on any atom is -0.359 e. The Morgan fingerprint density at radius 2 is 2.12 bits per heavy atom. The Labute approximate surface area is 99.3 Å². The summed E-state index contributed by atoms with van der Waals surface area (Å²) in [5.41, 5.74) is 0.629. The maximum absolute atomic E-state index is 11.9. The molecule has 0 saturated heterocycles. The summed E-state index contributed by atoms with van der Waals surface area (Å²) in [6.45, 7) is 3.19. The van der Waals surface area contributed by atoms with Crippen LogP contribution in [0.15, 0.2) is 30.5 Å². The third kappa shape index (κ3) is 2.00. The van der Waals surface area contributed by atoms with Crippen LogP contribution < -0.4 is 5.32 Å². The Hall–Kier alpha value is -2.28. The van der Waals surface area contributed by atoms with E-state index in [0.717, 1.165) is 10.9 Å². The van der Waals surface area contributed by atoms with E-state index in [-0.39, 0.29) is 5.91 Å². The molecule has 0 bridgehead atoms. The Balaban J connectivity index is 2.32. The average molecular weight is 227 g/mol. The zero-order valence-electron chi connectivity index (χ0n) is 9.74. The molecule has 0 atom stereocenters. The summed E-state index contributed by atoms with van der Waals surface area (Å²) in [7, 11) is 0. The fraction of sp³-hybridized carbons (Fsp3) is 0.231. The molecule has 86 valence electrons. The quantitative estimate of drug-likeness (QED) is 0.828. The highest BCUT2D eigenvalue weighted by atomic mass is 16.2. The molecule has 17 heavy (non-hydrogen) atoms. The van der Waals surface area contributed by atoms with Gasteiger partial charge in [-0.25, -0.2) is 0 Å². The number of nitrogens with one attached hydrogen (secondary N) is 2. The number of hydrogen-bond acceptors (Lipinski definition) is 2. The van der Waals surface area contributed by atoms with Gasteiger partial charge in [-0.2, -0.15) is 5.26 Å². The van der Waals surface area contributed by atoms with Crippen molar-refractivity contribution in [2.75, 3.05) is 5.32 Å². The monoisotopic (exact) mass is 227 g/mol. The number of fused-ring (bicyclic) bond motifs is 1. The van der Waals surface area contributed by atoms with Gasteiger partial charge in [0.2, 0.25) is 5.91 Å². The molecule has 0 unspecified atom stereocenters. The van der Waals surface area contributed by atoms with E-state index in [1.807, 2.05) is 30.3 Å². The van der Waals surface area contributed by atoms with Crippen LogP contribution in [0.1, 0.15) is 13.8 Å². The largest absolute Gasteiger partial charge is 0.359 e. The van der Waals surface area contributed by atoms with E-state index in [0.29, 0.717) is 5.69 Å². The second-order valence-corrected chi connectivity index (χ2v) is 4.44. The molecule has 0 saturated carbocycles. The topological polar surface area (TPSA) is 68.7 Å². The van der Waals surface area contributed by atoms with Gasteiger partial charge in [-0.05, 0) is 19.9 Å². The first kappa shape index (κ1) is 11.2. The van der Waals surface area contributed by atoms with Gasteiger partial charge in [-0.1, -0.05) is 18.2 Å². The molecule has 4 heteroatoms. The number of H-pyrrole nitrogens is 1. The molecule has 1 aromatic carbocycles. The fourth-order valence-electron chi connectivity index (χ4n) is 1.50. The number of nitrogens with zero attached hydrogens (tertiary/aromatic N) is 1. The number of benzene rings is 1. The molecule has 2 rings (SSSR count). The van der Waals surface area contributed by atoms with Crippen molar-refractivity contribution in [2.45, 2.75) is 13.8 Å².